The third-order valence-electron chi connectivity index (χ3n) is 1.66. The zero-order valence-electron chi connectivity index (χ0n) is 8.71. The minimum atomic E-state index is 0.145. The molecule has 0 aromatic rings. The highest BCUT2D eigenvalue weighted by Gasteiger charge is 2.17. The zero-order chi connectivity index (χ0) is 9.12. The molecule has 0 saturated heterocycles. The van der Waals surface area contributed by atoms with E-state index in [0.717, 1.165) is 6.42 Å². The summed E-state index contributed by atoms with van der Waals surface area (Å²) in [6.07, 6.45) is 1.12. The molecule has 0 aliphatic rings. The molecule has 0 aromatic carbocycles. The van der Waals surface area contributed by atoms with Crippen molar-refractivity contribution in [3.05, 3.63) is 0 Å². The smallest absolute Gasteiger partial charge is 0.0265 e. The normalized spacial score (nSPS) is 13.6. The van der Waals surface area contributed by atoms with Crippen LogP contribution in [0.5, 0.6) is 0 Å². The molecule has 2 heteroatoms. The third kappa shape index (κ3) is 6.32. The van der Waals surface area contributed by atoms with Gasteiger partial charge in [-0.1, -0.05) is 6.92 Å². The second kappa shape index (κ2) is 3.55. The van der Waals surface area contributed by atoms with E-state index < -0.39 is 0 Å². The van der Waals surface area contributed by atoms with Gasteiger partial charge in [0, 0.05) is 11.1 Å². The maximum Gasteiger partial charge on any atom is 0.0265 e. The van der Waals surface area contributed by atoms with Crippen molar-refractivity contribution in [2.75, 3.05) is 0 Å². The summed E-state index contributed by atoms with van der Waals surface area (Å²) >= 11 is 0. The fourth-order valence-corrected chi connectivity index (χ4v) is 0.445. The first kappa shape index (κ1) is 10.9. The average Bonchev–Trinajstić information content (AvgIpc) is 1.83. The van der Waals surface area contributed by atoms with Gasteiger partial charge in [0.15, 0.2) is 0 Å². The van der Waals surface area contributed by atoms with E-state index in [1.165, 1.54) is 0 Å². The second-order valence-corrected chi connectivity index (χ2v) is 4.74. The van der Waals surface area contributed by atoms with Crippen molar-refractivity contribution in [2.24, 2.45) is 0 Å². The van der Waals surface area contributed by atoms with Crippen LogP contribution in [-0.4, -0.2) is 11.1 Å². The molecule has 0 heterocycles. The maximum absolute atomic E-state index is 3.30. The van der Waals surface area contributed by atoms with Gasteiger partial charge in [-0.05, 0) is 41.0 Å². The van der Waals surface area contributed by atoms with E-state index in [1.54, 1.807) is 0 Å². The highest BCUT2D eigenvalue weighted by Crippen LogP contribution is 2.06. The summed E-state index contributed by atoms with van der Waals surface area (Å²) in [7, 11) is 0. The lowest BCUT2D eigenvalue weighted by Gasteiger charge is -2.31. The van der Waals surface area contributed by atoms with Crippen LogP contribution < -0.4 is 10.9 Å². The molecule has 0 atom stereocenters. The van der Waals surface area contributed by atoms with Gasteiger partial charge in [-0.15, -0.1) is 0 Å². The van der Waals surface area contributed by atoms with Crippen LogP contribution in [0.15, 0.2) is 0 Å². The summed E-state index contributed by atoms with van der Waals surface area (Å²) in [5, 5.41) is 0. The molecule has 0 fully saturated rings. The van der Waals surface area contributed by atoms with Gasteiger partial charge in [-0.2, -0.15) is 0 Å². The lowest BCUT2D eigenvalue weighted by molar-refractivity contribution is 0.254. The summed E-state index contributed by atoms with van der Waals surface area (Å²) < 4.78 is 0. The summed E-state index contributed by atoms with van der Waals surface area (Å²) in [5.41, 5.74) is 6.89. The van der Waals surface area contributed by atoms with Crippen LogP contribution in [0.2, 0.25) is 0 Å². The molecule has 0 aliphatic carbocycles. The standard InChI is InChI=1S/C9H22N2/c1-7-9(5,6)11-10-8(2,3)4/h10-11H,7H2,1-6H3. The Hall–Kier alpha value is -0.0800. The van der Waals surface area contributed by atoms with Crippen LogP contribution >= 0.6 is 0 Å². The van der Waals surface area contributed by atoms with E-state index in [2.05, 4.69) is 52.4 Å². The minimum Gasteiger partial charge on any atom is -0.252 e. The van der Waals surface area contributed by atoms with Gasteiger partial charge < -0.3 is 0 Å². The van der Waals surface area contributed by atoms with Crippen molar-refractivity contribution in [1.29, 1.82) is 0 Å². The lowest BCUT2D eigenvalue weighted by atomic mass is 10.0. The van der Waals surface area contributed by atoms with Crippen LogP contribution in [0.1, 0.15) is 48.0 Å². The van der Waals surface area contributed by atoms with Crippen molar-refractivity contribution < 1.29 is 0 Å². The Labute approximate surface area is 70.7 Å². The van der Waals surface area contributed by atoms with E-state index in [4.69, 9.17) is 0 Å². The Morgan fingerprint density at radius 1 is 0.909 bits per heavy atom. The van der Waals surface area contributed by atoms with Crippen molar-refractivity contribution in [3.8, 4) is 0 Å². The van der Waals surface area contributed by atoms with E-state index >= 15 is 0 Å². The first-order chi connectivity index (χ1) is 4.77. The summed E-state index contributed by atoms with van der Waals surface area (Å²) in [6.45, 7) is 13.0. The number of nitrogens with one attached hydrogen (secondary N) is 2. The van der Waals surface area contributed by atoms with Gasteiger partial charge in [0.25, 0.3) is 0 Å². The van der Waals surface area contributed by atoms with E-state index in [9.17, 15) is 0 Å². The molecule has 2 nitrogen and oxygen atoms in total. The molecule has 11 heavy (non-hydrogen) atoms. The van der Waals surface area contributed by atoms with Crippen molar-refractivity contribution in [3.63, 3.8) is 0 Å². The molecule has 0 unspecified atom stereocenters. The van der Waals surface area contributed by atoms with Crippen LogP contribution in [0.25, 0.3) is 0 Å². The van der Waals surface area contributed by atoms with Gasteiger partial charge in [-0.25, -0.2) is 0 Å². The Morgan fingerprint density at radius 3 is 1.64 bits per heavy atom. The van der Waals surface area contributed by atoms with Gasteiger partial charge in [0.1, 0.15) is 0 Å². The first-order valence-corrected chi connectivity index (χ1v) is 4.31. The predicted molar refractivity (Wildman–Crippen MR) is 50.4 cm³/mol. The lowest BCUT2D eigenvalue weighted by Crippen LogP contribution is -2.55. The van der Waals surface area contributed by atoms with E-state index in [1.807, 2.05) is 0 Å². The fraction of sp³-hybridized carbons (Fsp3) is 1.00. The topological polar surface area (TPSA) is 24.1 Å². The Balaban J connectivity index is 3.70. The molecule has 0 aliphatic heterocycles. The molecule has 0 spiro atoms. The molecule has 0 bridgehead atoms. The number of hydrazine groups is 1. The Kier molecular flexibility index (Phi) is 3.52. The molecule has 2 N–H and O–H groups in total. The van der Waals surface area contributed by atoms with E-state index in [0.29, 0.717) is 0 Å². The Morgan fingerprint density at radius 2 is 1.36 bits per heavy atom. The second-order valence-electron chi connectivity index (χ2n) is 4.74. The average molecular weight is 158 g/mol. The third-order valence-corrected chi connectivity index (χ3v) is 1.66. The van der Waals surface area contributed by atoms with Gasteiger partial charge >= 0.3 is 0 Å². The van der Waals surface area contributed by atoms with Gasteiger partial charge in [-0.3, -0.25) is 10.9 Å². The minimum absolute atomic E-state index is 0.145. The van der Waals surface area contributed by atoms with Crippen LogP contribution in [-0.2, 0) is 0 Å². The van der Waals surface area contributed by atoms with Crippen molar-refractivity contribution >= 4 is 0 Å². The molecule has 0 aromatic heterocycles. The van der Waals surface area contributed by atoms with Crippen LogP contribution in [0, 0.1) is 0 Å². The highest BCUT2D eigenvalue weighted by molar-refractivity contribution is 4.76. The molecular weight excluding hydrogens is 136 g/mol. The first-order valence-electron chi connectivity index (χ1n) is 4.31. The molecule has 0 saturated carbocycles. The van der Waals surface area contributed by atoms with Crippen molar-refractivity contribution in [2.45, 2.75) is 59.0 Å². The zero-order valence-corrected chi connectivity index (χ0v) is 8.71. The largest absolute Gasteiger partial charge is 0.252 e. The number of rotatable bonds is 3. The van der Waals surface area contributed by atoms with Gasteiger partial charge in [0.05, 0.1) is 0 Å². The summed E-state index contributed by atoms with van der Waals surface area (Å²) in [4.78, 5) is 0. The fourth-order valence-electron chi connectivity index (χ4n) is 0.445. The quantitative estimate of drug-likeness (QED) is 0.614. The SMILES string of the molecule is CCC(C)(C)NNC(C)(C)C. The molecule has 0 radical (unpaired) electrons. The number of hydrogen-bond acceptors (Lipinski definition) is 2. The summed E-state index contributed by atoms with van der Waals surface area (Å²) in [5.74, 6) is 0. The Bertz CT molecular complexity index is 111. The van der Waals surface area contributed by atoms with E-state index in [-0.39, 0.29) is 11.1 Å². The van der Waals surface area contributed by atoms with Crippen LogP contribution in [0.3, 0.4) is 0 Å². The number of hydrogen-bond donors (Lipinski definition) is 2. The predicted octanol–water partition coefficient (Wildman–Crippen LogP) is 2.07. The monoisotopic (exact) mass is 158 g/mol. The van der Waals surface area contributed by atoms with Crippen molar-refractivity contribution in [1.82, 2.24) is 10.9 Å². The maximum atomic E-state index is 3.30. The van der Waals surface area contributed by atoms with Crippen LogP contribution in [0.4, 0.5) is 0 Å². The molecule has 0 rings (SSSR count). The highest BCUT2D eigenvalue weighted by atomic mass is 15.4. The molecule has 68 valence electrons. The van der Waals surface area contributed by atoms with Gasteiger partial charge in [0.2, 0.25) is 0 Å². The summed E-state index contributed by atoms with van der Waals surface area (Å²) in [6, 6.07) is 0. The molecule has 0 amide bonds. The molecular formula is C9H22N2.